The number of fused-ring (bicyclic) bond motifs is 4. The zero-order chi connectivity index (χ0) is 20.9. The summed E-state index contributed by atoms with van der Waals surface area (Å²) in [6.45, 7) is 0. The van der Waals surface area contributed by atoms with Crippen LogP contribution < -0.4 is 4.74 Å². The molecule has 2 aliphatic heterocycles. The van der Waals surface area contributed by atoms with Crippen molar-refractivity contribution in [3.8, 4) is 5.75 Å². The third-order valence-electron chi connectivity index (χ3n) is 5.99. The molecule has 6 rings (SSSR count). The summed E-state index contributed by atoms with van der Waals surface area (Å²) in [4.78, 5) is 0. The van der Waals surface area contributed by atoms with Gasteiger partial charge in [0.2, 0.25) is 6.23 Å². The maximum Gasteiger partial charge on any atom is 0.213 e. The summed E-state index contributed by atoms with van der Waals surface area (Å²) in [6, 6.07) is 28.5. The zero-order valence-corrected chi connectivity index (χ0v) is 18.0. The predicted molar refractivity (Wildman–Crippen MR) is 126 cm³/mol. The molecule has 0 saturated heterocycles. The monoisotopic (exact) mass is 444 g/mol. The van der Waals surface area contributed by atoms with Gasteiger partial charge in [-0.25, -0.2) is 5.01 Å². The first-order chi connectivity index (χ1) is 15.2. The van der Waals surface area contributed by atoms with E-state index in [0.717, 1.165) is 34.6 Å². The molecule has 0 spiro atoms. The molecule has 0 bridgehead atoms. The van der Waals surface area contributed by atoms with Crippen molar-refractivity contribution in [1.29, 1.82) is 0 Å². The lowest BCUT2D eigenvalue weighted by Crippen LogP contribution is -2.33. The molecule has 2 heterocycles. The molecule has 2 atom stereocenters. The lowest BCUT2D eigenvalue weighted by molar-refractivity contribution is -0.0190. The molecule has 0 saturated carbocycles. The number of hydrogen-bond acceptors (Lipinski definition) is 3. The van der Waals surface area contributed by atoms with Gasteiger partial charge in [0.05, 0.1) is 11.8 Å². The van der Waals surface area contributed by atoms with Crippen molar-refractivity contribution in [2.24, 2.45) is 5.10 Å². The summed E-state index contributed by atoms with van der Waals surface area (Å²) in [7, 11) is 0. The Hall–Kier alpha value is -3.01. The van der Waals surface area contributed by atoms with Crippen molar-refractivity contribution in [3.63, 3.8) is 0 Å². The summed E-state index contributed by atoms with van der Waals surface area (Å²) < 4.78 is 6.40. The Bertz CT molecular complexity index is 1330. The van der Waals surface area contributed by atoms with Crippen molar-refractivity contribution in [3.05, 3.63) is 112 Å². The first kappa shape index (κ1) is 18.7. The lowest BCUT2D eigenvalue weighted by Gasteiger charge is -2.38. The number of benzene rings is 4. The molecule has 5 heteroatoms. The Labute approximate surface area is 190 Å². The summed E-state index contributed by atoms with van der Waals surface area (Å²) in [6.07, 6.45) is 0.466. The first-order valence-corrected chi connectivity index (χ1v) is 11.0. The number of hydrogen-bond donors (Lipinski definition) is 0. The fraction of sp³-hybridized carbons (Fsp3) is 0.115. The van der Waals surface area contributed by atoms with Gasteiger partial charge in [-0.3, -0.25) is 0 Å². The highest BCUT2D eigenvalue weighted by atomic mass is 35.5. The zero-order valence-electron chi connectivity index (χ0n) is 16.5. The highest BCUT2D eigenvalue weighted by Gasteiger charge is 2.41. The van der Waals surface area contributed by atoms with Gasteiger partial charge in [0.1, 0.15) is 5.75 Å². The quantitative estimate of drug-likeness (QED) is 0.321. The smallest absolute Gasteiger partial charge is 0.213 e. The summed E-state index contributed by atoms with van der Waals surface area (Å²) in [5.74, 6) is 0.848. The van der Waals surface area contributed by atoms with Crippen molar-refractivity contribution in [2.45, 2.75) is 18.7 Å². The third-order valence-corrected chi connectivity index (χ3v) is 6.48. The molecule has 31 heavy (non-hydrogen) atoms. The van der Waals surface area contributed by atoms with Gasteiger partial charge in [-0.05, 0) is 52.7 Å². The van der Waals surface area contributed by atoms with Gasteiger partial charge < -0.3 is 4.74 Å². The Morgan fingerprint density at radius 3 is 2.42 bits per heavy atom. The Morgan fingerprint density at radius 2 is 1.58 bits per heavy atom. The minimum Gasteiger partial charge on any atom is -0.464 e. The largest absolute Gasteiger partial charge is 0.464 e. The standard InChI is InChI=1S/C26H18Cl2N2O/c27-20-9-7-17(8-10-20)26-30-24(22-14-21(28)11-12-25(22)31-26)15-23(29-30)19-6-5-16-3-1-2-4-18(16)13-19/h1-14,24,26H,15H2/t24-,26+/m1/s1. The molecule has 4 aromatic rings. The molecule has 0 aromatic heterocycles. The Morgan fingerprint density at radius 1 is 0.806 bits per heavy atom. The van der Waals surface area contributed by atoms with Crippen LogP contribution >= 0.6 is 23.2 Å². The third kappa shape index (κ3) is 3.25. The fourth-order valence-electron chi connectivity index (χ4n) is 4.45. The maximum absolute atomic E-state index is 6.40. The summed E-state index contributed by atoms with van der Waals surface area (Å²) in [5, 5.41) is 10.9. The highest BCUT2D eigenvalue weighted by Crippen LogP contribution is 2.48. The number of nitrogens with zero attached hydrogens (tertiary/aromatic N) is 2. The Balaban J connectivity index is 1.45. The van der Waals surface area contributed by atoms with Crippen LogP contribution in [0.2, 0.25) is 10.0 Å². The van der Waals surface area contributed by atoms with Crippen molar-refractivity contribution < 1.29 is 4.74 Å². The van der Waals surface area contributed by atoms with Gasteiger partial charge in [0.15, 0.2) is 0 Å². The van der Waals surface area contributed by atoms with E-state index in [4.69, 9.17) is 33.0 Å². The van der Waals surface area contributed by atoms with E-state index in [1.165, 1.54) is 10.8 Å². The predicted octanol–water partition coefficient (Wildman–Crippen LogP) is 7.39. The van der Waals surface area contributed by atoms with Gasteiger partial charge in [-0.2, -0.15) is 5.10 Å². The molecule has 4 aromatic carbocycles. The average molecular weight is 445 g/mol. The molecule has 0 fully saturated rings. The van der Waals surface area contributed by atoms with Crippen LogP contribution in [0.4, 0.5) is 0 Å². The molecular weight excluding hydrogens is 427 g/mol. The molecule has 0 amide bonds. The topological polar surface area (TPSA) is 24.8 Å². The minimum absolute atomic E-state index is 0.0598. The number of rotatable bonds is 2. The van der Waals surface area contributed by atoms with Gasteiger partial charge in [-0.15, -0.1) is 0 Å². The van der Waals surface area contributed by atoms with Crippen LogP contribution in [0.15, 0.2) is 90.0 Å². The van der Waals surface area contributed by atoms with Gasteiger partial charge >= 0.3 is 0 Å². The molecule has 0 radical (unpaired) electrons. The SMILES string of the molecule is Clc1ccc([C@@H]2Oc3ccc(Cl)cc3[C@H]3CC(c4ccc5ccccc5c4)=NN32)cc1. The fourth-order valence-corrected chi connectivity index (χ4v) is 4.76. The van der Waals surface area contributed by atoms with Gasteiger partial charge in [-0.1, -0.05) is 71.7 Å². The van der Waals surface area contributed by atoms with Crippen LogP contribution in [0.25, 0.3) is 10.8 Å². The number of ether oxygens (including phenoxy) is 1. The summed E-state index contributed by atoms with van der Waals surface area (Å²) in [5.41, 5.74) is 4.26. The molecule has 0 unspecified atom stereocenters. The van der Waals surface area contributed by atoms with Crippen LogP contribution in [-0.4, -0.2) is 10.7 Å². The van der Waals surface area contributed by atoms with Crippen LogP contribution in [0.1, 0.15) is 35.4 Å². The second-order valence-electron chi connectivity index (χ2n) is 7.91. The van der Waals surface area contributed by atoms with Crippen LogP contribution in [0, 0.1) is 0 Å². The molecule has 2 aliphatic rings. The van der Waals surface area contributed by atoms with E-state index in [1.807, 2.05) is 42.5 Å². The number of halogens is 2. The van der Waals surface area contributed by atoms with E-state index >= 15 is 0 Å². The first-order valence-electron chi connectivity index (χ1n) is 10.2. The van der Waals surface area contributed by atoms with E-state index in [-0.39, 0.29) is 12.3 Å². The van der Waals surface area contributed by atoms with Gasteiger partial charge in [0.25, 0.3) is 0 Å². The highest BCUT2D eigenvalue weighted by molar-refractivity contribution is 6.31. The minimum atomic E-state index is -0.325. The molecule has 3 nitrogen and oxygen atoms in total. The van der Waals surface area contributed by atoms with Crippen LogP contribution in [-0.2, 0) is 0 Å². The van der Waals surface area contributed by atoms with E-state index in [0.29, 0.717) is 10.0 Å². The van der Waals surface area contributed by atoms with Crippen LogP contribution in [0.5, 0.6) is 5.75 Å². The second-order valence-corrected chi connectivity index (χ2v) is 8.79. The van der Waals surface area contributed by atoms with Crippen molar-refractivity contribution in [2.75, 3.05) is 0 Å². The molecule has 0 aliphatic carbocycles. The molecule has 152 valence electrons. The lowest BCUT2D eigenvalue weighted by atomic mass is 9.95. The molecular formula is C26H18Cl2N2O. The Kier molecular flexibility index (Phi) is 4.41. The maximum atomic E-state index is 6.40. The van der Waals surface area contributed by atoms with Gasteiger partial charge in [0, 0.05) is 27.6 Å². The second kappa shape index (κ2) is 7.30. The normalized spacial score (nSPS) is 19.5. The van der Waals surface area contributed by atoms with E-state index in [1.54, 1.807) is 0 Å². The van der Waals surface area contributed by atoms with E-state index in [2.05, 4.69) is 47.5 Å². The molecule has 0 N–H and O–H groups in total. The van der Waals surface area contributed by atoms with E-state index in [9.17, 15) is 0 Å². The number of hydrazone groups is 1. The van der Waals surface area contributed by atoms with Crippen molar-refractivity contribution in [1.82, 2.24) is 5.01 Å². The van der Waals surface area contributed by atoms with E-state index < -0.39 is 0 Å². The van der Waals surface area contributed by atoms with Crippen LogP contribution in [0.3, 0.4) is 0 Å². The summed E-state index contributed by atoms with van der Waals surface area (Å²) >= 11 is 12.4. The van der Waals surface area contributed by atoms with Crippen molar-refractivity contribution >= 4 is 39.7 Å². The average Bonchev–Trinajstić information content (AvgIpc) is 3.25.